The number of carbonyl (C=O) groups is 3. The molecule has 1 aromatic heterocycles. The minimum absolute atomic E-state index is 0.221. The maximum Gasteiger partial charge on any atom is 0.294 e. The van der Waals surface area contributed by atoms with Crippen LogP contribution in [-0.2, 0) is 9.59 Å². The molecule has 1 aliphatic heterocycles. The van der Waals surface area contributed by atoms with Crippen molar-refractivity contribution in [3.8, 4) is 11.3 Å². The van der Waals surface area contributed by atoms with Crippen LogP contribution < -0.4 is 5.32 Å². The fourth-order valence-electron chi connectivity index (χ4n) is 2.48. The lowest BCUT2D eigenvalue weighted by atomic mass is 10.2. The Labute approximate surface area is 171 Å². The van der Waals surface area contributed by atoms with Gasteiger partial charge in [0.1, 0.15) is 18.1 Å². The lowest BCUT2D eigenvalue weighted by molar-refractivity contribution is -0.129. The largest absolute Gasteiger partial charge is 0.457 e. The highest BCUT2D eigenvalue weighted by atomic mass is 35.5. The summed E-state index contributed by atoms with van der Waals surface area (Å²) in [5, 5.41) is 2.85. The van der Waals surface area contributed by atoms with Crippen LogP contribution >= 0.6 is 23.4 Å². The van der Waals surface area contributed by atoms with Gasteiger partial charge in [0, 0.05) is 23.2 Å². The lowest BCUT2D eigenvalue weighted by Gasteiger charge is -2.13. The molecule has 2 heterocycles. The van der Waals surface area contributed by atoms with E-state index >= 15 is 0 Å². The fourth-order valence-corrected chi connectivity index (χ4v) is 3.43. The van der Waals surface area contributed by atoms with Crippen molar-refractivity contribution >= 4 is 46.5 Å². The molecule has 1 saturated heterocycles. The molecule has 0 radical (unpaired) electrons. The minimum Gasteiger partial charge on any atom is -0.457 e. The Bertz CT molecular complexity index is 934. The minimum atomic E-state index is -0.501. The zero-order valence-electron chi connectivity index (χ0n) is 15.4. The first kappa shape index (κ1) is 20.2. The summed E-state index contributed by atoms with van der Waals surface area (Å²) in [6, 6.07) is 10.7. The second kappa shape index (κ2) is 8.67. The van der Waals surface area contributed by atoms with E-state index in [1.54, 1.807) is 24.3 Å². The molecule has 1 N–H and O–H groups in total. The Morgan fingerprint density at radius 2 is 1.93 bits per heavy atom. The number of furan rings is 1. The van der Waals surface area contributed by atoms with Gasteiger partial charge >= 0.3 is 0 Å². The van der Waals surface area contributed by atoms with Gasteiger partial charge in [0.2, 0.25) is 5.91 Å². The topological polar surface area (TPSA) is 79.6 Å². The van der Waals surface area contributed by atoms with Gasteiger partial charge in [-0.25, -0.2) is 0 Å². The molecule has 1 aromatic carbocycles. The maximum absolute atomic E-state index is 12.5. The number of halogens is 1. The Balaban J connectivity index is 1.70. The summed E-state index contributed by atoms with van der Waals surface area (Å²) in [6.45, 7) is 4.13. The number of hydrogen-bond acceptors (Lipinski definition) is 5. The Kier molecular flexibility index (Phi) is 6.26. The molecule has 6 nitrogen and oxygen atoms in total. The average Bonchev–Trinajstić information content (AvgIpc) is 3.21. The molecule has 0 spiro atoms. The van der Waals surface area contributed by atoms with E-state index in [1.165, 1.54) is 6.08 Å². The molecule has 1 fully saturated rings. The first-order valence-corrected chi connectivity index (χ1v) is 9.91. The van der Waals surface area contributed by atoms with Crippen LogP contribution in [0.25, 0.3) is 17.4 Å². The first-order valence-electron chi connectivity index (χ1n) is 8.71. The van der Waals surface area contributed by atoms with E-state index in [4.69, 9.17) is 16.0 Å². The summed E-state index contributed by atoms with van der Waals surface area (Å²) in [4.78, 5) is 37.7. The van der Waals surface area contributed by atoms with Crippen molar-refractivity contribution in [3.63, 3.8) is 0 Å². The SMILES string of the molecule is CC(C)CNC(=O)CN1C(=O)S/C(=C\c2ccc(-c3ccc(Cl)cc3)o2)C1=O. The Hall–Kier alpha value is -2.51. The van der Waals surface area contributed by atoms with Gasteiger partial charge in [-0.15, -0.1) is 0 Å². The van der Waals surface area contributed by atoms with Crippen LogP contribution in [0.1, 0.15) is 19.6 Å². The molecule has 146 valence electrons. The number of imide groups is 1. The van der Waals surface area contributed by atoms with Gasteiger partial charge in [0.05, 0.1) is 4.91 Å². The van der Waals surface area contributed by atoms with Crippen molar-refractivity contribution < 1.29 is 18.8 Å². The third-order valence-electron chi connectivity index (χ3n) is 3.91. The highest BCUT2D eigenvalue weighted by molar-refractivity contribution is 8.18. The normalized spacial score (nSPS) is 15.7. The molecule has 0 saturated carbocycles. The molecule has 1 aliphatic rings. The third kappa shape index (κ3) is 4.85. The number of rotatable bonds is 6. The van der Waals surface area contributed by atoms with Gasteiger partial charge in [0.25, 0.3) is 11.1 Å². The standard InChI is InChI=1S/C20H19ClN2O4S/c1-12(2)10-22-18(24)11-23-19(25)17(28-20(23)26)9-15-7-8-16(27-15)13-3-5-14(21)6-4-13/h3-9,12H,10-11H2,1-2H3,(H,22,24)/b17-9-. The van der Waals surface area contributed by atoms with Crippen LogP contribution in [0, 0.1) is 5.92 Å². The van der Waals surface area contributed by atoms with Crippen molar-refractivity contribution in [2.75, 3.05) is 13.1 Å². The second-order valence-corrected chi connectivity index (χ2v) is 8.10. The van der Waals surface area contributed by atoms with Crippen LogP contribution in [0.4, 0.5) is 4.79 Å². The van der Waals surface area contributed by atoms with E-state index in [9.17, 15) is 14.4 Å². The van der Waals surface area contributed by atoms with Crippen molar-refractivity contribution in [3.05, 3.63) is 52.1 Å². The number of nitrogens with zero attached hydrogens (tertiary/aromatic N) is 1. The van der Waals surface area contributed by atoms with Gasteiger partial charge in [-0.3, -0.25) is 19.3 Å². The zero-order chi connectivity index (χ0) is 20.3. The number of amides is 3. The van der Waals surface area contributed by atoms with Crippen LogP contribution in [0.3, 0.4) is 0 Å². The Morgan fingerprint density at radius 3 is 2.61 bits per heavy atom. The van der Waals surface area contributed by atoms with Gasteiger partial charge in [-0.1, -0.05) is 25.4 Å². The molecular formula is C20H19ClN2O4S. The summed E-state index contributed by atoms with van der Waals surface area (Å²) in [7, 11) is 0. The summed E-state index contributed by atoms with van der Waals surface area (Å²) < 4.78 is 5.74. The smallest absolute Gasteiger partial charge is 0.294 e. The van der Waals surface area contributed by atoms with Crippen molar-refractivity contribution in [1.29, 1.82) is 0 Å². The average molecular weight is 419 g/mol. The highest BCUT2D eigenvalue weighted by Crippen LogP contribution is 2.33. The van der Waals surface area contributed by atoms with Gasteiger partial charge in [-0.05, 0) is 54.1 Å². The lowest BCUT2D eigenvalue weighted by Crippen LogP contribution is -2.40. The molecule has 0 bridgehead atoms. The van der Waals surface area contributed by atoms with Crippen molar-refractivity contribution in [1.82, 2.24) is 10.2 Å². The molecule has 0 aliphatic carbocycles. The van der Waals surface area contributed by atoms with Crippen LogP contribution in [-0.4, -0.2) is 35.0 Å². The first-order chi connectivity index (χ1) is 13.3. The van der Waals surface area contributed by atoms with E-state index < -0.39 is 11.1 Å². The van der Waals surface area contributed by atoms with Crippen LogP contribution in [0.2, 0.25) is 5.02 Å². The number of benzene rings is 1. The maximum atomic E-state index is 12.5. The monoisotopic (exact) mass is 418 g/mol. The van der Waals surface area contributed by atoms with Gasteiger partial charge in [0.15, 0.2) is 0 Å². The van der Waals surface area contributed by atoms with E-state index in [0.717, 1.165) is 22.2 Å². The van der Waals surface area contributed by atoms with Gasteiger partial charge in [-0.2, -0.15) is 0 Å². The zero-order valence-corrected chi connectivity index (χ0v) is 17.0. The molecule has 3 amide bonds. The van der Waals surface area contributed by atoms with E-state index in [1.807, 2.05) is 26.0 Å². The molecule has 3 rings (SSSR count). The quantitative estimate of drug-likeness (QED) is 0.703. The number of thioether (sulfide) groups is 1. The van der Waals surface area contributed by atoms with Gasteiger partial charge < -0.3 is 9.73 Å². The molecule has 0 unspecified atom stereocenters. The Morgan fingerprint density at radius 1 is 1.21 bits per heavy atom. The van der Waals surface area contributed by atoms with Crippen LogP contribution in [0.15, 0.2) is 45.7 Å². The number of carbonyl (C=O) groups excluding carboxylic acids is 3. The summed E-state index contributed by atoms with van der Waals surface area (Å²) >= 11 is 6.68. The number of hydrogen-bond donors (Lipinski definition) is 1. The van der Waals surface area contributed by atoms with Crippen molar-refractivity contribution in [2.45, 2.75) is 13.8 Å². The molecule has 2 aromatic rings. The summed E-state index contributed by atoms with van der Waals surface area (Å²) in [5.74, 6) is 0.488. The van der Waals surface area contributed by atoms with E-state index in [0.29, 0.717) is 23.1 Å². The predicted octanol–water partition coefficient (Wildman–Crippen LogP) is 4.41. The molecular weight excluding hydrogens is 400 g/mol. The third-order valence-corrected chi connectivity index (χ3v) is 5.07. The van der Waals surface area contributed by atoms with E-state index in [2.05, 4.69) is 5.32 Å². The molecule has 0 atom stereocenters. The highest BCUT2D eigenvalue weighted by Gasteiger charge is 2.36. The summed E-state index contributed by atoms with van der Waals surface area (Å²) in [5.41, 5.74) is 0.846. The van der Waals surface area contributed by atoms with Crippen molar-refractivity contribution in [2.24, 2.45) is 5.92 Å². The predicted molar refractivity (Wildman–Crippen MR) is 110 cm³/mol. The molecule has 8 heteroatoms. The number of nitrogens with one attached hydrogen (secondary N) is 1. The fraction of sp³-hybridized carbons (Fsp3) is 0.250. The second-order valence-electron chi connectivity index (χ2n) is 6.67. The van der Waals surface area contributed by atoms with Crippen LogP contribution in [0.5, 0.6) is 0 Å². The molecule has 28 heavy (non-hydrogen) atoms. The van der Waals surface area contributed by atoms with E-state index in [-0.39, 0.29) is 23.3 Å². The summed E-state index contributed by atoms with van der Waals surface area (Å²) in [6.07, 6.45) is 1.51.